The van der Waals surface area contributed by atoms with Gasteiger partial charge in [0.25, 0.3) is 0 Å². The summed E-state index contributed by atoms with van der Waals surface area (Å²) >= 11 is 0. The lowest BCUT2D eigenvalue weighted by molar-refractivity contribution is -0.141. The summed E-state index contributed by atoms with van der Waals surface area (Å²) in [5.74, 6) is -0.919. The van der Waals surface area contributed by atoms with E-state index in [4.69, 9.17) is 14.6 Å². The Kier molecular flexibility index (Phi) is 6.58. The Bertz CT molecular complexity index is 308. The fraction of sp³-hybridized carbons (Fsp3) is 0.833. The van der Waals surface area contributed by atoms with Crippen molar-refractivity contribution in [1.29, 1.82) is 0 Å². The molecule has 1 heterocycles. The maximum Gasteiger partial charge on any atom is 0.317 e. The molecule has 2 N–H and O–H groups in total. The Balaban J connectivity index is 2.25. The maximum atomic E-state index is 11.8. The van der Waals surface area contributed by atoms with Gasteiger partial charge < -0.3 is 24.8 Å². The Hall–Kier alpha value is -1.34. The van der Waals surface area contributed by atoms with E-state index in [1.807, 2.05) is 13.8 Å². The number of carbonyl (C=O) groups excluding carboxylic acids is 1. The molecule has 7 heteroatoms. The lowest BCUT2D eigenvalue weighted by Crippen LogP contribution is -2.50. The second-order valence-electron chi connectivity index (χ2n) is 4.69. The summed E-state index contributed by atoms with van der Waals surface area (Å²) in [5, 5.41) is 11.4. The van der Waals surface area contributed by atoms with Gasteiger partial charge in [-0.2, -0.15) is 0 Å². The molecule has 1 rings (SSSR count). The van der Waals surface area contributed by atoms with E-state index in [1.165, 1.54) is 0 Å². The molecule has 110 valence electrons. The van der Waals surface area contributed by atoms with Crippen molar-refractivity contribution < 1.29 is 24.2 Å². The first-order valence-electron chi connectivity index (χ1n) is 6.46. The van der Waals surface area contributed by atoms with Gasteiger partial charge in [0, 0.05) is 19.6 Å². The van der Waals surface area contributed by atoms with Crippen molar-refractivity contribution in [3.63, 3.8) is 0 Å². The van der Waals surface area contributed by atoms with Crippen molar-refractivity contribution in [2.24, 2.45) is 0 Å². The molecule has 0 aliphatic carbocycles. The van der Waals surface area contributed by atoms with Crippen LogP contribution in [0, 0.1) is 0 Å². The molecule has 1 fully saturated rings. The number of aliphatic carboxylic acids is 1. The minimum absolute atomic E-state index is 0.0831. The van der Waals surface area contributed by atoms with Crippen LogP contribution in [0.2, 0.25) is 0 Å². The van der Waals surface area contributed by atoms with Crippen LogP contribution in [0.1, 0.15) is 20.3 Å². The summed E-state index contributed by atoms with van der Waals surface area (Å²) < 4.78 is 10.6. The standard InChI is InChI=1S/C12H22N2O5/c1-9(2)18-5-3-13-12(17)14-4-6-19-10(8-14)7-11(15)16/h9-10H,3-8H2,1-2H3,(H,13,17)(H,15,16). The number of urea groups is 1. The van der Waals surface area contributed by atoms with Crippen LogP contribution in [-0.2, 0) is 14.3 Å². The van der Waals surface area contributed by atoms with Crippen LogP contribution < -0.4 is 5.32 Å². The predicted molar refractivity (Wildman–Crippen MR) is 68.1 cm³/mol. The number of hydrogen-bond donors (Lipinski definition) is 2. The molecule has 0 saturated carbocycles. The molecular formula is C12H22N2O5. The molecule has 7 nitrogen and oxygen atoms in total. The molecule has 1 aliphatic heterocycles. The molecule has 0 aromatic rings. The van der Waals surface area contributed by atoms with Crippen molar-refractivity contribution in [2.75, 3.05) is 32.8 Å². The predicted octanol–water partition coefficient (Wildman–Crippen LogP) is 0.297. The van der Waals surface area contributed by atoms with Crippen molar-refractivity contribution >= 4 is 12.0 Å². The summed E-state index contributed by atoms with van der Waals surface area (Å²) in [5.41, 5.74) is 0. The van der Waals surface area contributed by atoms with Crippen LogP contribution in [0.4, 0.5) is 4.79 Å². The van der Waals surface area contributed by atoms with E-state index in [1.54, 1.807) is 4.90 Å². The summed E-state index contributed by atoms with van der Waals surface area (Å²) in [6.45, 7) is 5.93. The van der Waals surface area contributed by atoms with Crippen molar-refractivity contribution in [1.82, 2.24) is 10.2 Å². The average Bonchev–Trinajstić information content (AvgIpc) is 2.33. The van der Waals surface area contributed by atoms with Gasteiger partial charge in [-0.25, -0.2) is 4.79 Å². The molecule has 1 atom stereocenters. The number of carboxylic acid groups (broad SMARTS) is 1. The second kappa shape index (κ2) is 7.96. The van der Waals surface area contributed by atoms with Crippen LogP contribution in [0.3, 0.4) is 0 Å². The SMILES string of the molecule is CC(C)OCCNC(=O)N1CCOC(CC(=O)O)C1. The lowest BCUT2D eigenvalue weighted by atomic mass is 10.2. The molecule has 0 aromatic carbocycles. The number of ether oxygens (including phenoxy) is 2. The van der Waals surface area contributed by atoms with Gasteiger partial charge in [-0.15, -0.1) is 0 Å². The third kappa shape index (κ3) is 6.40. The fourth-order valence-electron chi connectivity index (χ4n) is 1.79. The normalized spacial score (nSPS) is 19.5. The topological polar surface area (TPSA) is 88.1 Å². The molecule has 2 amide bonds. The second-order valence-corrected chi connectivity index (χ2v) is 4.69. The maximum absolute atomic E-state index is 11.8. The van der Waals surface area contributed by atoms with E-state index in [2.05, 4.69) is 5.32 Å². The van der Waals surface area contributed by atoms with Crippen molar-refractivity contribution in [3.8, 4) is 0 Å². The highest BCUT2D eigenvalue weighted by atomic mass is 16.5. The van der Waals surface area contributed by atoms with Crippen LogP contribution >= 0.6 is 0 Å². The Morgan fingerprint density at radius 2 is 2.26 bits per heavy atom. The highest BCUT2D eigenvalue weighted by Crippen LogP contribution is 2.08. The zero-order valence-electron chi connectivity index (χ0n) is 11.4. The van der Waals surface area contributed by atoms with Crippen LogP contribution in [0.15, 0.2) is 0 Å². The van der Waals surface area contributed by atoms with Gasteiger partial charge in [-0.05, 0) is 13.8 Å². The Morgan fingerprint density at radius 3 is 2.89 bits per heavy atom. The first kappa shape index (κ1) is 15.7. The van der Waals surface area contributed by atoms with Crippen LogP contribution in [0.25, 0.3) is 0 Å². The number of hydrogen-bond acceptors (Lipinski definition) is 4. The largest absolute Gasteiger partial charge is 0.481 e. The number of amides is 2. The third-order valence-corrected chi connectivity index (χ3v) is 2.66. The van der Waals surface area contributed by atoms with E-state index >= 15 is 0 Å². The molecule has 1 unspecified atom stereocenters. The average molecular weight is 274 g/mol. The van der Waals surface area contributed by atoms with E-state index in [0.29, 0.717) is 32.8 Å². The van der Waals surface area contributed by atoms with Gasteiger partial charge in [-0.1, -0.05) is 0 Å². The zero-order valence-corrected chi connectivity index (χ0v) is 11.4. The summed E-state index contributed by atoms with van der Waals surface area (Å²) in [6, 6.07) is -0.203. The fourth-order valence-corrected chi connectivity index (χ4v) is 1.79. The molecule has 1 saturated heterocycles. The highest BCUT2D eigenvalue weighted by Gasteiger charge is 2.25. The quantitative estimate of drug-likeness (QED) is 0.680. The molecule has 0 bridgehead atoms. The van der Waals surface area contributed by atoms with Gasteiger partial charge >= 0.3 is 12.0 Å². The van der Waals surface area contributed by atoms with E-state index in [-0.39, 0.29) is 18.6 Å². The van der Waals surface area contributed by atoms with Crippen LogP contribution in [0.5, 0.6) is 0 Å². The van der Waals surface area contributed by atoms with Gasteiger partial charge in [0.05, 0.1) is 31.8 Å². The highest BCUT2D eigenvalue weighted by molar-refractivity contribution is 5.74. The zero-order chi connectivity index (χ0) is 14.3. The van der Waals surface area contributed by atoms with Gasteiger partial charge in [0.1, 0.15) is 0 Å². The summed E-state index contributed by atoms with van der Waals surface area (Å²) in [4.78, 5) is 24.0. The first-order valence-corrected chi connectivity index (χ1v) is 6.46. The van der Waals surface area contributed by atoms with Crippen molar-refractivity contribution in [3.05, 3.63) is 0 Å². The monoisotopic (exact) mass is 274 g/mol. The smallest absolute Gasteiger partial charge is 0.317 e. The van der Waals surface area contributed by atoms with Crippen LogP contribution in [-0.4, -0.2) is 67.1 Å². The number of carbonyl (C=O) groups is 2. The minimum atomic E-state index is -0.919. The van der Waals surface area contributed by atoms with Gasteiger partial charge in [0.15, 0.2) is 0 Å². The molecule has 1 aliphatic rings. The third-order valence-electron chi connectivity index (χ3n) is 2.66. The van der Waals surface area contributed by atoms with Gasteiger partial charge in [0.2, 0.25) is 0 Å². The van der Waals surface area contributed by atoms with Gasteiger partial charge in [-0.3, -0.25) is 4.79 Å². The number of nitrogens with one attached hydrogen (secondary N) is 1. The Labute approximate surface area is 112 Å². The first-order chi connectivity index (χ1) is 8.99. The van der Waals surface area contributed by atoms with E-state index < -0.39 is 12.1 Å². The molecule has 0 spiro atoms. The molecule has 19 heavy (non-hydrogen) atoms. The van der Waals surface area contributed by atoms with Crippen molar-refractivity contribution in [2.45, 2.75) is 32.5 Å². The number of carboxylic acids is 1. The summed E-state index contributed by atoms with van der Waals surface area (Å²) in [6.07, 6.45) is -0.371. The molecular weight excluding hydrogens is 252 g/mol. The van der Waals surface area contributed by atoms with E-state index in [0.717, 1.165) is 0 Å². The Morgan fingerprint density at radius 1 is 1.53 bits per heavy atom. The summed E-state index contributed by atoms with van der Waals surface area (Å²) in [7, 11) is 0. The lowest BCUT2D eigenvalue weighted by Gasteiger charge is -2.32. The molecule has 0 aromatic heterocycles. The number of morpholine rings is 1. The minimum Gasteiger partial charge on any atom is -0.481 e. The number of rotatable bonds is 6. The van der Waals surface area contributed by atoms with E-state index in [9.17, 15) is 9.59 Å². The molecule has 0 radical (unpaired) electrons. The number of nitrogens with zero attached hydrogens (tertiary/aromatic N) is 1.